The summed E-state index contributed by atoms with van der Waals surface area (Å²) in [5, 5.41) is 7.90. The molecule has 0 saturated carbocycles. The first kappa shape index (κ1) is 45.1. The van der Waals surface area contributed by atoms with Gasteiger partial charge in [0.05, 0.1) is 43.9 Å². The first-order valence-corrected chi connectivity index (χ1v) is 23.6. The molecule has 4 aromatic rings. The largest absolute Gasteiger partial charge is 0.453 e. The number of alkyl carbamates (subject to hydrolysis) is 2. The van der Waals surface area contributed by atoms with Gasteiger partial charge in [-0.1, -0.05) is 54.6 Å². The highest BCUT2D eigenvalue weighted by Crippen LogP contribution is 2.39. The van der Waals surface area contributed by atoms with Crippen molar-refractivity contribution in [3.8, 4) is 22.4 Å². The van der Waals surface area contributed by atoms with E-state index in [4.69, 9.17) is 28.9 Å². The van der Waals surface area contributed by atoms with Gasteiger partial charge >= 0.3 is 12.2 Å². The maximum absolute atomic E-state index is 14.2. The normalized spacial score (nSPS) is 23.6. The Labute approximate surface area is 385 Å². The number of aliphatic imine (C=N–C) groups is 1. The number of rotatable bonds is 11. The molecule has 15 heteroatoms. The molecule has 0 bridgehead atoms. The van der Waals surface area contributed by atoms with Crippen LogP contribution in [0.2, 0.25) is 0 Å². The number of imidazole rings is 1. The first-order chi connectivity index (χ1) is 32.1. The molecule has 348 valence electrons. The van der Waals surface area contributed by atoms with E-state index in [1.54, 1.807) is 0 Å². The minimum absolute atomic E-state index is 0.0125. The van der Waals surface area contributed by atoms with Crippen LogP contribution < -0.4 is 10.6 Å². The van der Waals surface area contributed by atoms with Gasteiger partial charge in [0.2, 0.25) is 11.8 Å². The average molecular weight is 900 g/mol. The minimum Gasteiger partial charge on any atom is -0.453 e. The number of methoxy groups -OCH3 is 2. The lowest BCUT2D eigenvalue weighted by molar-refractivity contribution is -0.139. The quantitative estimate of drug-likeness (QED) is 0.136. The molecule has 0 spiro atoms. The lowest BCUT2D eigenvalue weighted by Gasteiger charge is -2.36. The van der Waals surface area contributed by atoms with Crippen molar-refractivity contribution in [3.05, 3.63) is 84.3 Å². The first-order valence-electron chi connectivity index (χ1n) is 23.6. The van der Waals surface area contributed by atoms with Crippen molar-refractivity contribution in [3.63, 3.8) is 0 Å². The van der Waals surface area contributed by atoms with Crippen molar-refractivity contribution in [1.29, 1.82) is 0 Å². The van der Waals surface area contributed by atoms with E-state index < -0.39 is 24.3 Å². The third-order valence-electron chi connectivity index (χ3n) is 14.5. The third kappa shape index (κ3) is 9.32. The Bertz CT molecular complexity index is 2490. The number of benzene rings is 3. The molecule has 3 aromatic carbocycles. The van der Waals surface area contributed by atoms with Crippen LogP contribution in [-0.2, 0) is 28.5 Å². The number of aromatic nitrogens is 2. The predicted octanol–water partition coefficient (Wildman–Crippen LogP) is 7.82. The number of fused-ring (bicyclic) bond motifs is 1. The number of H-pyrrole nitrogens is 1. The number of likely N-dealkylation sites (tertiary alicyclic amines) is 2. The Hall–Kier alpha value is -6.06. The summed E-state index contributed by atoms with van der Waals surface area (Å²) in [6.45, 7) is 6.38. The van der Waals surface area contributed by atoms with Gasteiger partial charge in [-0.2, -0.15) is 0 Å². The van der Waals surface area contributed by atoms with Crippen LogP contribution in [-0.4, -0.2) is 120 Å². The topological polar surface area (TPSA) is 177 Å². The van der Waals surface area contributed by atoms with Crippen molar-refractivity contribution in [2.24, 2.45) is 16.8 Å². The monoisotopic (exact) mass is 899 g/mol. The number of aromatic amines is 1. The van der Waals surface area contributed by atoms with Crippen molar-refractivity contribution in [1.82, 2.24) is 30.4 Å². The van der Waals surface area contributed by atoms with Gasteiger partial charge < -0.3 is 44.4 Å². The molecule has 9 rings (SSSR count). The zero-order chi connectivity index (χ0) is 45.9. The SMILES string of the molecule is COC(=O)N[C@H](C(=O)N1[C@H](C)CC[C@H]1C1=NC(c2ccc(-c3ccc4cc(-c5cnc([C@@H]6CC[C@@H](C)N6C(=O)[C@@H](NC(=O)OC)C6CCOCC6)[nH]5)ccc4c3)cc2)=CC1)C1CCOCC1. The predicted molar refractivity (Wildman–Crippen MR) is 250 cm³/mol. The second kappa shape index (κ2) is 19.8. The molecule has 5 aliphatic rings. The van der Waals surface area contributed by atoms with Gasteiger partial charge in [-0.05, 0) is 117 Å². The van der Waals surface area contributed by atoms with Crippen molar-refractivity contribution in [2.45, 2.75) is 108 Å². The summed E-state index contributed by atoms with van der Waals surface area (Å²) in [5.41, 5.74) is 6.96. The van der Waals surface area contributed by atoms with Gasteiger partial charge in [0.25, 0.3) is 0 Å². The van der Waals surface area contributed by atoms with E-state index in [2.05, 4.69) is 96.2 Å². The van der Waals surface area contributed by atoms with E-state index in [1.165, 1.54) is 14.2 Å². The van der Waals surface area contributed by atoms with Crippen LogP contribution >= 0.6 is 0 Å². The van der Waals surface area contributed by atoms with E-state index >= 15 is 0 Å². The Morgan fingerprint density at radius 1 is 0.652 bits per heavy atom. The summed E-state index contributed by atoms with van der Waals surface area (Å²) in [6.07, 6.45) is 9.52. The molecule has 1 aromatic heterocycles. The standard InChI is InChI=1S/C51H61N7O8/c1-30-5-17-43(57(30)48(59)45(55-50(61)63-3)34-19-23-65-24-20-34)41-16-15-40(53-41)33-9-7-32(8-10-33)36-11-12-38-28-39(14-13-37(38)27-36)42-29-52-47(54-42)44-18-6-31(2)58(44)49(60)46(56-51(62)64-4)35-21-25-66-26-22-35/h7-15,27-31,34-35,43-46H,5-6,16-26H2,1-4H3,(H,52,54)(H,55,61)(H,56,62)/t30-,31-,43+,44+,45+,46+/m1/s1. The molecule has 6 heterocycles. The van der Waals surface area contributed by atoms with Crippen LogP contribution in [0.1, 0.15) is 89.1 Å². The van der Waals surface area contributed by atoms with Crippen LogP contribution in [0.4, 0.5) is 9.59 Å². The molecule has 66 heavy (non-hydrogen) atoms. The summed E-state index contributed by atoms with van der Waals surface area (Å²) in [4.78, 5) is 70.6. The molecule has 0 radical (unpaired) electrons. The Balaban J connectivity index is 0.869. The molecular weight excluding hydrogens is 839 g/mol. The number of ether oxygens (including phenoxy) is 4. The van der Waals surface area contributed by atoms with Gasteiger partial charge in [0.15, 0.2) is 0 Å². The Morgan fingerprint density at radius 3 is 1.73 bits per heavy atom. The number of nitrogens with one attached hydrogen (secondary N) is 3. The molecule has 0 unspecified atom stereocenters. The molecule has 4 fully saturated rings. The van der Waals surface area contributed by atoms with E-state index in [0.717, 1.165) is 81.6 Å². The number of carbonyl (C=O) groups is 4. The van der Waals surface area contributed by atoms with Crippen LogP contribution in [0.15, 0.2) is 77.9 Å². The van der Waals surface area contributed by atoms with E-state index in [1.807, 2.05) is 16.0 Å². The lowest BCUT2D eigenvalue weighted by atomic mass is 9.90. The number of carbonyl (C=O) groups excluding carboxylic acids is 4. The smallest absolute Gasteiger partial charge is 0.407 e. The maximum atomic E-state index is 14.2. The molecular formula is C51H61N7O8. The highest BCUT2D eigenvalue weighted by Gasteiger charge is 2.45. The van der Waals surface area contributed by atoms with Gasteiger partial charge in [-0.15, -0.1) is 0 Å². The summed E-state index contributed by atoms with van der Waals surface area (Å²) in [5.74, 6) is 0.483. The Kier molecular flexibility index (Phi) is 13.5. The second-order valence-electron chi connectivity index (χ2n) is 18.4. The average Bonchev–Trinajstić information content (AvgIpc) is 4.19. The van der Waals surface area contributed by atoms with Crippen LogP contribution in [0, 0.1) is 11.8 Å². The van der Waals surface area contributed by atoms with E-state index in [0.29, 0.717) is 58.5 Å². The van der Waals surface area contributed by atoms with Gasteiger partial charge in [0.1, 0.15) is 17.9 Å². The maximum Gasteiger partial charge on any atom is 0.407 e. The number of hydrogen-bond donors (Lipinski definition) is 3. The fourth-order valence-electron chi connectivity index (χ4n) is 10.8. The summed E-state index contributed by atoms with van der Waals surface area (Å²) >= 11 is 0. The minimum atomic E-state index is -0.701. The molecule has 6 atom stereocenters. The second-order valence-corrected chi connectivity index (χ2v) is 18.4. The fourth-order valence-corrected chi connectivity index (χ4v) is 10.8. The molecule has 4 amide bonds. The molecule has 4 saturated heterocycles. The van der Waals surface area contributed by atoms with Gasteiger partial charge in [-0.3, -0.25) is 14.6 Å². The summed E-state index contributed by atoms with van der Waals surface area (Å²) in [6, 6.07) is 19.6. The zero-order valence-electron chi connectivity index (χ0n) is 38.3. The number of nitrogens with zero attached hydrogens (tertiary/aromatic N) is 4. The van der Waals surface area contributed by atoms with Crippen LogP contribution in [0.25, 0.3) is 38.9 Å². The van der Waals surface area contributed by atoms with Crippen LogP contribution in [0.5, 0.6) is 0 Å². The molecule has 3 N–H and O–H groups in total. The van der Waals surface area contributed by atoms with Crippen molar-refractivity contribution >= 4 is 46.2 Å². The van der Waals surface area contributed by atoms with Crippen molar-refractivity contribution < 1.29 is 38.1 Å². The van der Waals surface area contributed by atoms with Crippen molar-refractivity contribution in [2.75, 3.05) is 40.6 Å². The number of amides is 4. The number of hydrogen-bond acceptors (Lipinski definition) is 10. The fraction of sp³-hybridized carbons (Fsp3) is 0.490. The summed E-state index contributed by atoms with van der Waals surface area (Å²) < 4.78 is 20.9. The van der Waals surface area contributed by atoms with E-state index in [9.17, 15) is 19.2 Å². The third-order valence-corrected chi connectivity index (χ3v) is 14.5. The van der Waals surface area contributed by atoms with E-state index in [-0.39, 0.29) is 47.8 Å². The highest BCUT2D eigenvalue weighted by atomic mass is 16.5. The highest BCUT2D eigenvalue weighted by molar-refractivity contribution is 6.02. The molecule has 15 nitrogen and oxygen atoms in total. The summed E-state index contributed by atoms with van der Waals surface area (Å²) in [7, 11) is 2.64. The Morgan fingerprint density at radius 2 is 1.15 bits per heavy atom. The molecule has 0 aliphatic carbocycles. The zero-order valence-corrected chi connectivity index (χ0v) is 38.3. The number of allylic oxidation sites excluding steroid dienone is 1. The van der Waals surface area contributed by atoms with Gasteiger partial charge in [-0.25, -0.2) is 14.6 Å². The lowest BCUT2D eigenvalue weighted by Crippen LogP contribution is -2.56. The van der Waals surface area contributed by atoms with Gasteiger partial charge in [0, 0.05) is 56.2 Å². The van der Waals surface area contributed by atoms with Crippen LogP contribution in [0.3, 0.4) is 0 Å². The molecule has 5 aliphatic heterocycles.